The van der Waals surface area contributed by atoms with Crippen LogP contribution >= 0.6 is 0 Å². The predicted molar refractivity (Wildman–Crippen MR) is 122 cm³/mol. The molecule has 0 aliphatic rings. The lowest BCUT2D eigenvalue weighted by Gasteiger charge is -2.06. The summed E-state index contributed by atoms with van der Waals surface area (Å²) in [4.78, 5) is 4.40. The molecule has 0 radical (unpaired) electrons. The van der Waals surface area contributed by atoms with Gasteiger partial charge in [-0.3, -0.25) is 4.98 Å². The van der Waals surface area contributed by atoms with E-state index in [1.165, 1.54) is 30.3 Å². The van der Waals surface area contributed by atoms with Crippen molar-refractivity contribution in [3.05, 3.63) is 112 Å². The van der Waals surface area contributed by atoms with Gasteiger partial charge in [0.15, 0.2) is 17.5 Å². The SMILES string of the molecule is CCCc1ccc(CCc2cc(F)c(C#Cc3ccc4c(F)c(F)c(F)cc4c3)c(F)c2)nc1. The van der Waals surface area contributed by atoms with Gasteiger partial charge in [0, 0.05) is 22.8 Å². The molecule has 0 spiro atoms. The predicted octanol–water partition coefficient (Wildman–Crippen LogP) is 7.07. The molecule has 4 rings (SSSR count). The van der Waals surface area contributed by atoms with E-state index < -0.39 is 34.6 Å². The average Bonchev–Trinajstić information content (AvgIpc) is 2.82. The fraction of sp³-hybridized carbons (Fsp3) is 0.179. The van der Waals surface area contributed by atoms with Gasteiger partial charge in [-0.15, -0.1) is 0 Å². The van der Waals surface area contributed by atoms with Crippen molar-refractivity contribution in [3.8, 4) is 11.8 Å². The molecule has 0 aliphatic carbocycles. The van der Waals surface area contributed by atoms with Crippen LogP contribution in [0.1, 0.15) is 41.3 Å². The number of aryl methyl sites for hydroxylation is 3. The zero-order valence-electron chi connectivity index (χ0n) is 18.4. The molecule has 1 aromatic heterocycles. The second-order valence-corrected chi connectivity index (χ2v) is 8.01. The maximum atomic E-state index is 14.6. The number of halogens is 5. The normalized spacial score (nSPS) is 10.9. The molecular formula is C28H20F5N. The summed E-state index contributed by atoms with van der Waals surface area (Å²) in [6, 6.07) is 11.2. The topological polar surface area (TPSA) is 12.9 Å². The van der Waals surface area contributed by atoms with Crippen molar-refractivity contribution >= 4 is 10.8 Å². The van der Waals surface area contributed by atoms with Gasteiger partial charge >= 0.3 is 0 Å². The maximum Gasteiger partial charge on any atom is 0.195 e. The van der Waals surface area contributed by atoms with E-state index >= 15 is 0 Å². The number of pyridine rings is 1. The van der Waals surface area contributed by atoms with Gasteiger partial charge in [0.2, 0.25) is 0 Å². The molecule has 0 saturated carbocycles. The second-order valence-electron chi connectivity index (χ2n) is 8.01. The lowest BCUT2D eigenvalue weighted by Crippen LogP contribution is -1.99. The molecule has 0 fully saturated rings. The van der Waals surface area contributed by atoms with E-state index in [-0.39, 0.29) is 16.3 Å². The van der Waals surface area contributed by atoms with Crippen molar-refractivity contribution in [2.24, 2.45) is 0 Å². The Hall–Kier alpha value is -3.72. The van der Waals surface area contributed by atoms with Crippen LogP contribution in [0.4, 0.5) is 22.0 Å². The number of rotatable bonds is 5. The Morgan fingerprint density at radius 2 is 1.47 bits per heavy atom. The standard InChI is InChI=1S/C28H20F5N/c1-2-3-18-4-8-21(34-16-18)9-5-19-13-24(29)23(25(30)14-19)11-7-17-6-10-22-20(12-17)15-26(31)28(33)27(22)32/h4,6,8,10,12-16H,2-3,5,9H2,1H3. The Morgan fingerprint density at radius 1 is 0.706 bits per heavy atom. The van der Waals surface area contributed by atoms with Gasteiger partial charge in [-0.1, -0.05) is 37.3 Å². The van der Waals surface area contributed by atoms with E-state index in [4.69, 9.17) is 0 Å². The Morgan fingerprint density at radius 3 is 2.15 bits per heavy atom. The highest BCUT2D eigenvalue weighted by Gasteiger charge is 2.14. The summed E-state index contributed by atoms with van der Waals surface area (Å²) >= 11 is 0. The highest BCUT2D eigenvalue weighted by molar-refractivity contribution is 5.84. The minimum atomic E-state index is -1.56. The summed E-state index contributed by atoms with van der Waals surface area (Å²) in [6.45, 7) is 2.09. The van der Waals surface area contributed by atoms with E-state index in [0.29, 0.717) is 18.4 Å². The van der Waals surface area contributed by atoms with Crippen molar-refractivity contribution in [1.29, 1.82) is 0 Å². The lowest BCUT2D eigenvalue weighted by atomic mass is 10.0. The molecule has 1 heterocycles. The third-order valence-corrected chi connectivity index (χ3v) is 5.50. The van der Waals surface area contributed by atoms with Crippen molar-refractivity contribution in [3.63, 3.8) is 0 Å². The molecule has 4 aromatic rings. The summed E-state index contributed by atoms with van der Waals surface area (Å²) in [7, 11) is 0. The Kier molecular flexibility index (Phi) is 6.93. The van der Waals surface area contributed by atoms with Gasteiger partial charge in [-0.2, -0.15) is 0 Å². The van der Waals surface area contributed by atoms with Crippen LogP contribution in [0.2, 0.25) is 0 Å². The van der Waals surface area contributed by atoms with Crippen molar-refractivity contribution in [2.75, 3.05) is 0 Å². The van der Waals surface area contributed by atoms with Crippen LogP contribution in [-0.2, 0) is 19.3 Å². The largest absolute Gasteiger partial charge is 0.261 e. The second kappa shape index (κ2) is 10.0. The van der Waals surface area contributed by atoms with Crippen molar-refractivity contribution in [2.45, 2.75) is 32.6 Å². The summed E-state index contributed by atoms with van der Waals surface area (Å²) in [5.41, 5.74) is 2.35. The van der Waals surface area contributed by atoms with Gasteiger partial charge in [-0.25, -0.2) is 22.0 Å². The number of benzene rings is 3. The summed E-state index contributed by atoms with van der Waals surface area (Å²) in [5.74, 6) is -0.721. The first kappa shape index (κ1) is 23.4. The first-order chi connectivity index (χ1) is 16.4. The van der Waals surface area contributed by atoms with Crippen LogP contribution in [-0.4, -0.2) is 4.98 Å². The summed E-state index contributed by atoms with van der Waals surface area (Å²) < 4.78 is 69.9. The number of fused-ring (bicyclic) bond motifs is 1. The van der Waals surface area contributed by atoms with E-state index in [9.17, 15) is 22.0 Å². The zero-order chi connectivity index (χ0) is 24.2. The van der Waals surface area contributed by atoms with E-state index in [2.05, 4.69) is 23.7 Å². The highest BCUT2D eigenvalue weighted by atomic mass is 19.2. The number of aromatic nitrogens is 1. The van der Waals surface area contributed by atoms with Crippen molar-refractivity contribution < 1.29 is 22.0 Å². The Balaban J connectivity index is 1.52. The minimum Gasteiger partial charge on any atom is -0.261 e. The monoisotopic (exact) mass is 465 g/mol. The molecule has 0 aliphatic heterocycles. The first-order valence-electron chi connectivity index (χ1n) is 10.9. The van der Waals surface area contributed by atoms with Crippen LogP contribution < -0.4 is 0 Å². The van der Waals surface area contributed by atoms with Crippen LogP contribution in [0.25, 0.3) is 10.8 Å². The number of nitrogens with zero attached hydrogens (tertiary/aromatic N) is 1. The fourth-order valence-electron chi connectivity index (χ4n) is 3.72. The molecule has 1 nitrogen and oxygen atoms in total. The zero-order valence-corrected chi connectivity index (χ0v) is 18.4. The smallest absolute Gasteiger partial charge is 0.195 e. The van der Waals surface area contributed by atoms with Gasteiger partial charge in [0.05, 0.1) is 5.56 Å². The highest BCUT2D eigenvalue weighted by Crippen LogP contribution is 2.24. The summed E-state index contributed by atoms with van der Waals surface area (Å²) in [5, 5.41) is -0.0171. The van der Waals surface area contributed by atoms with Crippen molar-refractivity contribution in [1.82, 2.24) is 4.98 Å². The van der Waals surface area contributed by atoms with E-state index in [1.807, 2.05) is 18.3 Å². The molecule has 0 saturated heterocycles. The minimum absolute atomic E-state index is 0.0934. The number of hydrogen-bond donors (Lipinski definition) is 0. The average molecular weight is 465 g/mol. The molecule has 3 aromatic carbocycles. The first-order valence-corrected chi connectivity index (χ1v) is 10.9. The van der Waals surface area contributed by atoms with Crippen LogP contribution in [0.15, 0.2) is 54.7 Å². The van der Waals surface area contributed by atoms with Gasteiger partial charge in [0.1, 0.15) is 11.6 Å². The molecule has 172 valence electrons. The van der Waals surface area contributed by atoms with E-state index in [1.54, 1.807) is 0 Å². The van der Waals surface area contributed by atoms with Gasteiger partial charge in [-0.05, 0) is 72.2 Å². The van der Waals surface area contributed by atoms with Crippen LogP contribution in [0, 0.1) is 40.9 Å². The fourth-order valence-corrected chi connectivity index (χ4v) is 3.72. The molecular weight excluding hydrogens is 445 g/mol. The maximum absolute atomic E-state index is 14.6. The van der Waals surface area contributed by atoms with Crippen LogP contribution in [0.3, 0.4) is 0 Å². The third-order valence-electron chi connectivity index (χ3n) is 5.50. The Bertz CT molecular complexity index is 1390. The molecule has 6 heteroatoms. The Labute approximate surface area is 194 Å². The molecule has 0 atom stereocenters. The third kappa shape index (κ3) is 5.09. The molecule has 0 N–H and O–H groups in total. The quantitative estimate of drug-likeness (QED) is 0.175. The van der Waals surface area contributed by atoms with Gasteiger partial charge < -0.3 is 0 Å². The van der Waals surface area contributed by atoms with Gasteiger partial charge in [0.25, 0.3) is 0 Å². The lowest BCUT2D eigenvalue weighted by molar-refractivity contribution is 0.453. The summed E-state index contributed by atoms with van der Waals surface area (Å²) in [6.07, 6.45) is 4.77. The molecule has 0 amide bonds. The molecule has 0 bridgehead atoms. The molecule has 0 unspecified atom stereocenters. The molecule has 34 heavy (non-hydrogen) atoms. The van der Waals surface area contributed by atoms with Crippen LogP contribution in [0.5, 0.6) is 0 Å². The van der Waals surface area contributed by atoms with E-state index in [0.717, 1.165) is 30.2 Å². The number of hydrogen-bond acceptors (Lipinski definition) is 1.